The molecule has 0 aliphatic carbocycles. The summed E-state index contributed by atoms with van der Waals surface area (Å²) in [6.07, 6.45) is 0. The minimum Gasteiger partial charge on any atom is -0.497 e. The molecule has 54 valence electrons. The minimum absolute atomic E-state index is 0.671. The van der Waals surface area contributed by atoms with Crippen LogP contribution >= 0.6 is 0 Å². The highest BCUT2D eigenvalue weighted by Gasteiger charge is 1.97. The van der Waals surface area contributed by atoms with E-state index in [1.54, 1.807) is 13.2 Å². The average Bonchev–Trinajstić information content (AvgIpc) is 2.05. The van der Waals surface area contributed by atoms with Crippen LogP contribution in [-0.4, -0.2) is 15.0 Å². The Morgan fingerprint density at radius 3 is 2.82 bits per heavy atom. The highest BCUT2D eigenvalue weighted by molar-refractivity contribution is 6.33. The maximum Gasteiger partial charge on any atom is 0.141 e. The van der Waals surface area contributed by atoms with Gasteiger partial charge in [-0.2, -0.15) is 5.26 Å². The maximum absolute atomic E-state index is 8.63. The fourth-order valence-electron chi connectivity index (χ4n) is 0.849. The zero-order valence-electron chi connectivity index (χ0n) is 6.59. The summed E-state index contributed by atoms with van der Waals surface area (Å²) in [4.78, 5) is 0. The van der Waals surface area contributed by atoms with Crippen LogP contribution in [0.3, 0.4) is 0 Å². The van der Waals surface area contributed by atoms with Crippen LogP contribution < -0.4 is 10.2 Å². The van der Waals surface area contributed by atoms with E-state index in [0.29, 0.717) is 5.56 Å². The van der Waals surface area contributed by atoms with E-state index in [2.05, 4.69) is 6.07 Å². The smallest absolute Gasteiger partial charge is 0.141 e. The Kier molecular flexibility index (Phi) is 2.17. The number of methoxy groups -OCH3 is 1. The summed E-state index contributed by atoms with van der Waals surface area (Å²) in [6, 6.07) is 7.54. The molecule has 0 aromatic heterocycles. The van der Waals surface area contributed by atoms with Crippen LogP contribution in [0.25, 0.3) is 0 Å². The van der Waals surface area contributed by atoms with Crippen molar-refractivity contribution in [3.05, 3.63) is 23.8 Å². The number of nitriles is 1. The lowest BCUT2D eigenvalue weighted by atomic mass is 9.91. The predicted octanol–water partition coefficient (Wildman–Crippen LogP) is -0.175. The molecule has 0 saturated carbocycles. The normalized spacial score (nSPS) is 8.73. The van der Waals surface area contributed by atoms with Gasteiger partial charge in [-0.25, -0.2) is 0 Å². The first-order chi connectivity index (χ1) is 5.27. The molecule has 3 heteroatoms. The van der Waals surface area contributed by atoms with E-state index in [9.17, 15) is 0 Å². The zero-order valence-corrected chi connectivity index (χ0v) is 6.59. The van der Waals surface area contributed by atoms with Gasteiger partial charge >= 0.3 is 0 Å². The van der Waals surface area contributed by atoms with E-state index in [1.165, 1.54) is 0 Å². The van der Waals surface area contributed by atoms with Crippen molar-refractivity contribution in [1.29, 1.82) is 5.26 Å². The van der Waals surface area contributed by atoms with Crippen molar-refractivity contribution in [1.82, 2.24) is 0 Å². The molecule has 11 heavy (non-hydrogen) atoms. The molecule has 1 rings (SSSR count). The monoisotopic (exact) mass is 145 g/mol. The van der Waals surface area contributed by atoms with Crippen LogP contribution in [0.4, 0.5) is 0 Å². The Balaban J connectivity index is 3.15. The van der Waals surface area contributed by atoms with E-state index < -0.39 is 0 Å². The predicted molar refractivity (Wildman–Crippen MR) is 45.9 cm³/mol. The molecule has 2 nitrogen and oxygen atoms in total. The van der Waals surface area contributed by atoms with E-state index >= 15 is 0 Å². The fraction of sp³-hybridized carbons (Fsp3) is 0.125. The van der Waals surface area contributed by atoms with Gasteiger partial charge in [-0.3, -0.25) is 0 Å². The van der Waals surface area contributed by atoms with Gasteiger partial charge < -0.3 is 4.74 Å². The van der Waals surface area contributed by atoms with Crippen LogP contribution in [-0.2, 0) is 0 Å². The van der Waals surface area contributed by atoms with E-state index in [4.69, 9.17) is 10.00 Å². The summed E-state index contributed by atoms with van der Waals surface area (Å²) in [5.74, 6) is 0.729. The van der Waals surface area contributed by atoms with Gasteiger partial charge in [0.1, 0.15) is 13.6 Å². The third kappa shape index (κ3) is 1.53. The lowest BCUT2D eigenvalue weighted by Crippen LogP contribution is -2.06. The zero-order chi connectivity index (χ0) is 8.27. The molecule has 0 aliphatic heterocycles. The molecule has 0 radical (unpaired) electrons. The van der Waals surface area contributed by atoms with Crippen molar-refractivity contribution in [2.24, 2.45) is 0 Å². The van der Waals surface area contributed by atoms with Crippen LogP contribution in [0.1, 0.15) is 5.56 Å². The highest BCUT2D eigenvalue weighted by Crippen LogP contribution is 2.08. The number of rotatable bonds is 1. The SMILES string of the molecule is Bc1ccc(OC)cc1C#N. The van der Waals surface area contributed by atoms with Crippen molar-refractivity contribution >= 4 is 13.3 Å². The second-order valence-corrected chi connectivity index (χ2v) is 2.29. The molecule has 0 unspecified atom stereocenters. The first-order valence-corrected chi connectivity index (χ1v) is 3.32. The van der Waals surface area contributed by atoms with Gasteiger partial charge in [0.15, 0.2) is 0 Å². The lowest BCUT2D eigenvalue weighted by molar-refractivity contribution is 0.415. The van der Waals surface area contributed by atoms with Gasteiger partial charge in [-0.1, -0.05) is 11.5 Å². The Morgan fingerprint density at radius 2 is 2.27 bits per heavy atom. The maximum atomic E-state index is 8.63. The van der Waals surface area contributed by atoms with Crippen molar-refractivity contribution in [3.63, 3.8) is 0 Å². The van der Waals surface area contributed by atoms with Gasteiger partial charge in [0, 0.05) is 5.56 Å². The number of benzene rings is 1. The molecule has 0 heterocycles. The van der Waals surface area contributed by atoms with E-state index in [-0.39, 0.29) is 0 Å². The molecule has 0 amide bonds. The quantitative estimate of drug-likeness (QED) is 0.513. The molecule has 0 spiro atoms. The average molecular weight is 145 g/mol. The van der Waals surface area contributed by atoms with Gasteiger partial charge in [0.25, 0.3) is 0 Å². The van der Waals surface area contributed by atoms with Gasteiger partial charge in [-0.15, -0.1) is 0 Å². The van der Waals surface area contributed by atoms with Crippen molar-refractivity contribution in [2.45, 2.75) is 0 Å². The third-order valence-corrected chi connectivity index (χ3v) is 1.57. The number of hydrogen-bond donors (Lipinski definition) is 0. The second-order valence-electron chi connectivity index (χ2n) is 2.29. The number of ether oxygens (including phenoxy) is 1. The molecule has 0 saturated heterocycles. The Hall–Kier alpha value is -1.43. The van der Waals surface area contributed by atoms with Crippen LogP contribution in [0, 0.1) is 11.3 Å². The molecule has 0 N–H and O–H groups in total. The molecule has 0 bridgehead atoms. The summed E-state index contributed by atoms with van der Waals surface area (Å²) in [5.41, 5.74) is 1.65. The van der Waals surface area contributed by atoms with Crippen molar-refractivity contribution in [3.8, 4) is 11.8 Å². The first kappa shape index (κ1) is 7.68. The highest BCUT2D eigenvalue weighted by atomic mass is 16.5. The topological polar surface area (TPSA) is 33.0 Å². The number of hydrogen-bond acceptors (Lipinski definition) is 2. The standard InChI is InChI=1S/C8H8BNO/c1-11-7-2-3-8(9)6(4-7)5-10/h2-4H,9H2,1H3. The molecule has 0 aliphatic rings. The minimum atomic E-state index is 0.671. The summed E-state index contributed by atoms with van der Waals surface area (Å²) < 4.78 is 4.96. The molecule has 1 aromatic carbocycles. The second kappa shape index (κ2) is 3.11. The van der Waals surface area contributed by atoms with Crippen molar-refractivity contribution < 1.29 is 4.74 Å². The Morgan fingerprint density at radius 1 is 1.55 bits per heavy atom. The summed E-state index contributed by atoms with van der Waals surface area (Å²) >= 11 is 0. The van der Waals surface area contributed by atoms with E-state index in [1.807, 2.05) is 20.0 Å². The van der Waals surface area contributed by atoms with Gasteiger partial charge in [-0.05, 0) is 12.1 Å². The Labute approximate surface area is 66.8 Å². The van der Waals surface area contributed by atoms with Crippen LogP contribution in [0.15, 0.2) is 18.2 Å². The molecule has 1 aromatic rings. The fourth-order valence-corrected chi connectivity index (χ4v) is 0.849. The Bertz CT molecular complexity index is 303. The summed E-state index contributed by atoms with van der Waals surface area (Å²) in [7, 11) is 3.49. The van der Waals surface area contributed by atoms with Gasteiger partial charge in [0.05, 0.1) is 13.2 Å². The molecule has 0 atom stereocenters. The third-order valence-electron chi connectivity index (χ3n) is 1.57. The summed E-state index contributed by atoms with van der Waals surface area (Å²) in [5, 5.41) is 8.63. The van der Waals surface area contributed by atoms with Crippen LogP contribution in [0.5, 0.6) is 5.75 Å². The largest absolute Gasteiger partial charge is 0.497 e. The molecular formula is C8H8BNO. The molecular weight excluding hydrogens is 137 g/mol. The first-order valence-electron chi connectivity index (χ1n) is 3.32. The van der Waals surface area contributed by atoms with E-state index in [0.717, 1.165) is 11.2 Å². The number of nitrogens with zero attached hydrogens (tertiary/aromatic N) is 1. The van der Waals surface area contributed by atoms with Gasteiger partial charge in [0.2, 0.25) is 0 Å². The lowest BCUT2D eigenvalue weighted by Gasteiger charge is -2.00. The summed E-state index contributed by atoms with van der Waals surface area (Å²) in [6.45, 7) is 0. The molecule has 0 fully saturated rings. The van der Waals surface area contributed by atoms with Crippen molar-refractivity contribution in [2.75, 3.05) is 7.11 Å². The van der Waals surface area contributed by atoms with Crippen LogP contribution in [0.2, 0.25) is 0 Å².